The second-order valence-electron chi connectivity index (χ2n) is 4.27. The summed E-state index contributed by atoms with van der Waals surface area (Å²) in [7, 11) is 3.10. The van der Waals surface area contributed by atoms with Gasteiger partial charge in [0, 0.05) is 11.0 Å². The van der Waals surface area contributed by atoms with Gasteiger partial charge in [-0.2, -0.15) is 0 Å². The van der Waals surface area contributed by atoms with Gasteiger partial charge in [-0.15, -0.1) is 0 Å². The Morgan fingerprint density at radius 3 is 2.24 bits per heavy atom. The summed E-state index contributed by atoms with van der Waals surface area (Å²) in [5.74, 6) is 0.398. The van der Waals surface area contributed by atoms with Crippen molar-refractivity contribution in [2.24, 2.45) is 0 Å². The lowest BCUT2D eigenvalue weighted by atomic mass is 9.91. The topological polar surface area (TPSA) is 68.7 Å². The lowest BCUT2D eigenvalue weighted by Gasteiger charge is -2.19. The number of nitrogens with zero attached hydrogens (tertiary/aromatic N) is 1. The summed E-state index contributed by atoms with van der Waals surface area (Å²) in [5.41, 5.74) is 0.491. The predicted octanol–water partition coefficient (Wildman–Crippen LogP) is 1.61. The van der Waals surface area contributed by atoms with Gasteiger partial charge >= 0.3 is 5.97 Å². The van der Waals surface area contributed by atoms with Gasteiger partial charge in [-0.25, -0.2) is 0 Å². The number of carboxylic acid groups (broad SMARTS) is 1. The number of pyridine rings is 1. The summed E-state index contributed by atoms with van der Waals surface area (Å²) in [4.78, 5) is 14.9. The molecule has 1 aliphatic rings. The SMILES string of the molecule is COc1cncc(OC)c1C1(CC(=O)O)CC1. The van der Waals surface area contributed by atoms with Gasteiger partial charge in [0.25, 0.3) is 0 Å². The fraction of sp³-hybridized carbons (Fsp3) is 0.500. The quantitative estimate of drug-likeness (QED) is 0.842. The summed E-state index contributed by atoms with van der Waals surface area (Å²) in [6.45, 7) is 0. The van der Waals surface area contributed by atoms with E-state index in [2.05, 4.69) is 4.98 Å². The molecule has 1 fully saturated rings. The highest BCUT2D eigenvalue weighted by Gasteiger charge is 2.49. The van der Waals surface area contributed by atoms with Gasteiger partial charge < -0.3 is 14.6 Å². The van der Waals surface area contributed by atoms with Crippen molar-refractivity contribution in [3.05, 3.63) is 18.0 Å². The molecule has 0 aliphatic heterocycles. The van der Waals surface area contributed by atoms with Crippen molar-refractivity contribution in [2.45, 2.75) is 24.7 Å². The van der Waals surface area contributed by atoms with Crippen LogP contribution >= 0.6 is 0 Å². The van der Waals surface area contributed by atoms with E-state index in [4.69, 9.17) is 14.6 Å². The van der Waals surface area contributed by atoms with Crippen LogP contribution < -0.4 is 9.47 Å². The Morgan fingerprint density at radius 2 is 1.88 bits per heavy atom. The maximum atomic E-state index is 10.9. The Labute approximate surface area is 99.4 Å². The first-order valence-corrected chi connectivity index (χ1v) is 5.41. The van der Waals surface area contributed by atoms with E-state index in [0.29, 0.717) is 11.5 Å². The molecule has 0 bridgehead atoms. The Balaban J connectivity index is 2.46. The molecule has 0 atom stereocenters. The largest absolute Gasteiger partial charge is 0.495 e. The number of methoxy groups -OCH3 is 2. The lowest BCUT2D eigenvalue weighted by Crippen LogP contribution is -2.15. The second kappa shape index (κ2) is 4.24. The monoisotopic (exact) mass is 237 g/mol. The van der Waals surface area contributed by atoms with Crippen molar-refractivity contribution in [3.63, 3.8) is 0 Å². The second-order valence-corrected chi connectivity index (χ2v) is 4.27. The van der Waals surface area contributed by atoms with E-state index in [0.717, 1.165) is 18.4 Å². The van der Waals surface area contributed by atoms with Crippen LogP contribution in [0.25, 0.3) is 0 Å². The van der Waals surface area contributed by atoms with Crippen molar-refractivity contribution in [3.8, 4) is 11.5 Å². The van der Waals surface area contributed by atoms with Crippen molar-refractivity contribution >= 4 is 5.97 Å². The fourth-order valence-corrected chi connectivity index (χ4v) is 2.21. The van der Waals surface area contributed by atoms with Gasteiger partial charge in [0.05, 0.1) is 33.0 Å². The van der Waals surface area contributed by atoms with Gasteiger partial charge in [-0.05, 0) is 12.8 Å². The molecule has 0 saturated heterocycles. The molecule has 92 valence electrons. The molecular weight excluding hydrogens is 222 g/mol. The molecule has 1 saturated carbocycles. The first kappa shape index (κ1) is 11.7. The van der Waals surface area contributed by atoms with E-state index in [1.54, 1.807) is 26.6 Å². The summed E-state index contributed by atoms with van der Waals surface area (Å²) >= 11 is 0. The first-order chi connectivity index (χ1) is 8.13. The third-order valence-corrected chi connectivity index (χ3v) is 3.19. The van der Waals surface area contributed by atoms with Crippen LogP contribution in [0.15, 0.2) is 12.4 Å². The van der Waals surface area contributed by atoms with Crippen molar-refractivity contribution in [1.82, 2.24) is 4.98 Å². The number of ether oxygens (including phenoxy) is 2. The first-order valence-electron chi connectivity index (χ1n) is 5.41. The summed E-state index contributed by atoms with van der Waals surface area (Å²) in [6.07, 6.45) is 4.98. The number of hydrogen-bond donors (Lipinski definition) is 1. The number of aromatic nitrogens is 1. The number of rotatable bonds is 5. The average Bonchev–Trinajstić information content (AvgIpc) is 3.07. The van der Waals surface area contributed by atoms with Crippen LogP contribution in [0.5, 0.6) is 11.5 Å². The standard InChI is InChI=1S/C12H15NO4/c1-16-8-6-13-7-9(17-2)11(8)12(3-4-12)5-10(14)15/h6-7H,3-5H2,1-2H3,(H,14,15). The Bertz CT molecular complexity index is 418. The maximum Gasteiger partial charge on any atom is 0.304 e. The zero-order valence-corrected chi connectivity index (χ0v) is 9.90. The van der Waals surface area contributed by atoms with Gasteiger partial charge in [-0.1, -0.05) is 0 Å². The highest BCUT2D eigenvalue weighted by molar-refractivity contribution is 5.71. The summed E-state index contributed by atoms with van der Waals surface area (Å²) in [6, 6.07) is 0. The Morgan fingerprint density at radius 1 is 1.35 bits per heavy atom. The van der Waals surface area contributed by atoms with Crippen LogP contribution in [0.1, 0.15) is 24.8 Å². The third-order valence-electron chi connectivity index (χ3n) is 3.19. The number of hydrogen-bond acceptors (Lipinski definition) is 4. The van der Waals surface area contributed by atoms with Crippen LogP contribution in [0, 0.1) is 0 Å². The van der Waals surface area contributed by atoms with Crippen LogP contribution in [-0.4, -0.2) is 30.3 Å². The molecule has 1 aromatic heterocycles. The van der Waals surface area contributed by atoms with E-state index >= 15 is 0 Å². The summed E-state index contributed by atoms with van der Waals surface area (Å²) in [5, 5.41) is 8.98. The van der Waals surface area contributed by atoms with E-state index in [1.807, 2.05) is 0 Å². The molecule has 0 aromatic carbocycles. The van der Waals surface area contributed by atoms with E-state index in [1.165, 1.54) is 0 Å². The lowest BCUT2D eigenvalue weighted by molar-refractivity contribution is -0.137. The molecule has 0 unspecified atom stereocenters. The van der Waals surface area contributed by atoms with E-state index < -0.39 is 5.97 Å². The fourth-order valence-electron chi connectivity index (χ4n) is 2.21. The molecule has 0 spiro atoms. The number of aliphatic carboxylic acids is 1. The molecule has 17 heavy (non-hydrogen) atoms. The van der Waals surface area contributed by atoms with Crippen molar-refractivity contribution in [2.75, 3.05) is 14.2 Å². The molecule has 2 rings (SSSR count). The zero-order valence-electron chi connectivity index (χ0n) is 9.90. The van der Waals surface area contributed by atoms with Crippen LogP contribution in [-0.2, 0) is 10.2 Å². The van der Waals surface area contributed by atoms with E-state index in [-0.39, 0.29) is 11.8 Å². The minimum atomic E-state index is -0.802. The van der Waals surface area contributed by atoms with E-state index in [9.17, 15) is 4.79 Å². The van der Waals surface area contributed by atoms with Crippen molar-refractivity contribution < 1.29 is 19.4 Å². The van der Waals surface area contributed by atoms with Crippen LogP contribution in [0.3, 0.4) is 0 Å². The molecule has 1 heterocycles. The molecule has 5 heteroatoms. The van der Waals surface area contributed by atoms with Gasteiger partial charge in [0.2, 0.25) is 0 Å². The Kier molecular flexibility index (Phi) is 2.92. The Hall–Kier alpha value is -1.78. The highest BCUT2D eigenvalue weighted by atomic mass is 16.5. The molecule has 0 radical (unpaired) electrons. The smallest absolute Gasteiger partial charge is 0.304 e. The van der Waals surface area contributed by atoms with Gasteiger partial charge in [0.1, 0.15) is 11.5 Å². The molecular formula is C12H15NO4. The normalized spacial score (nSPS) is 16.4. The zero-order chi connectivity index (χ0) is 12.5. The summed E-state index contributed by atoms with van der Waals surface area (Å²) < 4.78 is 10.5. The van der Waals surface area contributed by atoms with Gasteiger partial charge in [0.15, 0.2) is 0 Å². The van der Waals surface area contributed by atoms with Crippen LogP contribution in [0.4, 0.5) is 0 Å². The molecule has 1 N–H and O–H groups in total. The highest BCUT2D eigenvalue weighted by Crippen LogP contribution is 2.56. The average molecular weight is 237 g/mol. The maximum absolute atomic E-state index is 10.9. The number of carboxylic acids is 1. The number of carbonyl (C=O) groups is 1. The van der Waals surface area contributed by atoms with Gasteiger partial charge in [-0.3, -0.25) is 9.78 Å². The molecule has 1 aromatic rings. The van der Waals surface area contributed by atoms with Crippen LogP contribution in [0.2, 0.25) is 0 Å². The minimum Gasteiger partial charge on any atom is -0.495 e. The molecule has 0 amide bonds. The van der Waals surface area contributed by atoms with Crippen molar-refractivity contribution in [1.29, 1.82) is 0 Å². The molecule has 1 aliphatic carbocycles. The minimum absolute atomic E-state index is 0.101. The third kappa shape index (κ3) is 2.05. The predicted molar refractivity (Wildman–Crippen MR) is 60.5 cm³/mol. The molecule has 5 nitrogen and oxygen atoms in total.